The summed E-state index contributed by atoms with van der Waals surface area (Å²) >= 11 is 0. The van der Waals surface area contributed by atoms with Crippen molar-refractivity contribution in [2.24, 2.45) is 5.92 Å². The van der Waals surface area contributed by atoms with Gasteiger partial charge in [-0.2, -0.15) is 4.98 Å². The smallest absolute Gasteiger partial charge is 0.216 e. The molecule has 4 nitrogen and oxygen atoms in total. The maximum Gasteiger partial charge on any atom is 0.216 e. The van der Waals surface area contributed by atoms with Crippen LogP contribution in [-0.4, -0.2) is 29.7 Å². The van der Waals surface area contributed by atoms with Gasteiger partial charge in [-0.1, -0.05) is 13.8 Å². The second-order valence-electron chi connectivity index (χ2n) is 5.36. The Morgan fingerprint density at radius 1 is 1.33 bits per heavy atom. The molecule has 0 bridgehead atoms. The second kappa shape index (κ2) is 6.14. The number of nitrogens with one attached hydrogen (secondary N) is 1. The number of piperidine rings is 1. The van der Waals surface area contributed by atoms with Crippen LogP contribution in [0.5, 0.6) is 5.88 Å². The van der Waals surface area contributed by atoms with E-state index < -0.39 is 0 Å². The summed E-state index contributed by atoms with van der Waals surface area (Å²) in [5, 5.41) is 3.36. The zero-order valence-electron chi connectivity index (χ0n) is 11.6. The average molecular weight is 249 g/mol. The standard InChI is InChI=1S/C14H23N3O/c1-10(2)14-16-11(3)8-13(17-14)18-9-12-4-6-15-7-5-12/h8,10,12,15H,4-7,9H2,1-3H3. The molecule has 2 heterocycles. The fourth-order valence-corrected chi connectivity index (χ4v) is 2.15. The Kier molecular flexibility index (Phi) is 4.53. The minimum absolute atomic E-state index is 0.339. The van der Waals surface area contributed by atoms with Crippen molar-refractivity contribution in [1.29, 1.82) is 0 Å². The van der Waals surface area contributed by atoms with Gasteiger partial charge in [0.25, 0.3) is 0 Å². The Bertz CT molecular complexity index is 387. The third-order valence-electron chi connectivity index (χ3n) is 3.29. The van der Waals surface area contributed by atoms with Crippen LogP contribution in [0.15, 0.2) is 6.07 Å². The van der Waals surface area contributed by atoms with E-state index in [1.807, 2.05) is 13.0 Å². The number of hydrogen-bond donors (Lipinski definition) is 1. The first-order valence-electron chi connectivity index (χ1n) is 6.84. The lowest BCUT2D eigenvalue weighted by Gasteiger charge is -2.22. The van der Waals surface area contributed by atoms with E-state index in [9.17, 15) is 0 Å². The van der Waals surface area contributed by atoms with Crippen LogP contribution < -0.4 is 10.1 Å². The molecule has 1 aliphatic heterocycles. The summed E-state index contributed by atoms with van der Waals surface area (Å²) in [4.78, 5) is 8.90. The maximum absolute atomic E-state index is 5.84. The Hall–Kier alpha value is -1.16. The van der Waals surface area contributed by atoms with Gasteiger partial charge in [-0.25, -0.2) is 4.98 Å². The fourth-order valence-electron chi connectivity index (χ4n) is 2.15. The molecule has 4 heteroatoms. The molecule has 1 N–H and O–H groups in total. The van der Waals surface area contributed by atoms with E-state index in [0.29, 0.717) is 11.8 Å². The highest BCUT2D eigenvalue weighted by molar-refractivity contribution is 5.16. The molecule has 18 heavy (non-hydrogen) atoms. The zero-order valence-corrected chi connectivity index (χ0v) is 11.6. The largest absolute Gasteiger partial charge is 0.477 e. The first kappa shape index (κ1) is 13.3. The molecule has 0 unspecified atom stereocenters. The van der Waals surface area contributed by atoms with E-state index in [4.69, 9.17) is 4.74 Å². The van der Waals surface area contributed by atoms with Gasteiger partial charge >= 0.3 is 0 Å². The lowest BCUT2D eigenvalue weighted by atomic mass is 9.99. The fraction of sp³-hybridized carbons (Fsp3) is 0.714. The molecule has 1 fully saturated rings. The van der Waals surface area contributed by atoms with E-state index in [-0.39, 0.29) is 0 Å². The van der Waals surface area contributed by atoms with Gasteiger partial charge in [-0.05, 0) is 38.8 Å². The number of aryl methyl sites for hydroxylation is 1. The van der Waals surface area contributed by atoms with Gasteiger partial charge in [0.1, 0.15) is 5.82 Å². The van der Waals surface area contributed by atoms with E-state index >= 15 is 0 Å². The topological polar surface area (TPSA) is 47.0 Å². The average Bonchev–Trinajstić information content (AvgIpc) is 2.37. The molecule has 100 valence electrons. The lowest BCUT2D eigenvalue weighted by Crippen LogP contribution is -2.30. The van der Waals surface area contributed by atoms with Crippen LogP contribution in [0.1, 0.15) is 44.1 Å². The van der Waals surface area contributed by atoms with Crippen molar-refractivity contribution in [2.45, 2.75) is 39.5 Å². The quantitative estimate of drug-likeness (QED) is 0.889. The zero-order chi connectivity index (χ0) is 13.0. The third kappa shape index (κ3) is 3.67. The SMILES string of the molecule is Cc1cc(OCC2CCNCC2)nc(C(C)C)n1. The molecular weight excluding hydrogens is 226 g/mol. The summed E-state index contributed by atoms with van der Waals surface area (Å²) in [6.07, 6.45) is 2.39. The van der Waals surface area contributed by atoms with Gasteiger partial charge in [0.15, 0.2) is 0 Å². The number of nitrogens with zero attached hydrogens (tertiary/aromatic N) is 2. The van der Waals surface area contributed by atoms with E-state index in [1.54, 1.807) is 0 Å². The van der Waals surface area contributed by atoms with Crippen LogP contribution in [0, 0.1) is 12.8 Å². The van der Waals surface area contributed by atoms with Gasteiger partial charge < -0.3 is 10.1 Å². The molecule has 0 spiro atoms. The number of ether oxygens (including phenoxy) is 1. The third-order valence-corrected chi connectivity index (χ3v) is 3.29. The van der Waals surface area contributed by atoms with Crippen molar-refractivity contribution in [3.63, 3.8) is 0 Å². The predicted octanol–water partition coefficient (Wildman–Crippen LogP) is 2.29. The molecule has 1 aromatic heterocycles. The second-order valence-corrected chi connectivity index (χ2v) is 5.36. The maximum atomic E-state index is 5.84. The van der Waals surface area contributed by atoms with Gasteiger partial charge in [-0.15, -0.1) is 0 Å². The Labute approximate surface area is 109 Å². The molecule has 0 aromatic carbocycles. The first-order valence-corrected chi connectivity index (χ1v) is 6.84. The molecule has 0 radical (unpaired) electrons. The number of aromatic nitrogens is 2. The Morgan fingerprint density at radius 2 is 2.06 bits per heavy atom. The Morgan fingerprint density at radius 3 is 2.72 bits per heavy atom. The summed E-state index contributed by atoms with van der Waals surface area (Å²) in [7, 11) is 0. The highest BCUT2D eigenvalue weighted by atomic mass is 16.5. The summed E-state index contributed by atoms with van der Waals surface area (Å²) in [5.41, 5.74) is 0.981. The summed E-state index contributed by atoms with van der Waals surface area (Å²) < 4.78 is 5.84. The van der Waals surface area contributed by atoms with Crippen molar-refractivity contribution in [3.05, 3.63) is 17.6 Å². The van der Waals surface area contributed by atoms with Crippen LogP contribution in [0.2, 0.25) is 0 Å². The van der Waals surface area contributed by atoms with E-state index in [1.165, 1.54) is 12.8 Å². The normalized spacial score (nSPS) is 17.1. The molecule has 1 aliphatic rings. The molecule has 1 aromatic rings. The van der Waals surface area contributed by atoms with Crippen LogP contribution in [-0.2, 0) is 0 Å². The molecule has 0 atom stereocenters. The van der Waals surface area contributed by atoms with Crippen molar-refractivity contribution in [1.82, 2.24) is 15.3 Å². The van der Waals surface area contributed by atoms with Crippen LogP contribution in [0.4, 0.5) is 0 Å². The van der Waals surface area contributed by atoms with E-state index in [0.717, 1.165) is 37.1 Å². The Balaban J connectivity index is 1.95. The summed E-state index contributed by atoms with van der Waals surface area (Å²) in [5.74, 6) is 2.59. The van der Waals surface area contributed by atoms with Crippen molar-refractivity contribution in [3.8, 4) is 5.88 Å². The van der Waals surface area contributed by atoms with Crippen LogP contribution in [0.25, 0.3) is 0 Å². The molecule has 2 rings (SSSR count). The monoisotopic (exact) mass is 249 g/mol. The summed E-state index contributed by atoms with van der Waals surface area (Å²) in [6, 6.07) is 1.92. The van der Waals surface area contributed by atoms with Gasteiger partial charge in [0.05, 0.1) is 6.61 Å². The van der Waals surface area contributed by atoms with Crippen LogP contribution in [0.3, 0.4) is 0 Å². The van der Waals surface area contributed by atoms with Crippen LogP contribution >= 0.6 is 0 Å². The molecule has 1 saturated heterocycles. The summed E-state index contributed by atoms with van der Waals surface area (Å²) in [6.45, 7) is 9.18. The van der Waals surface area contributed by atoms with Gasteiger partial charge in [-0.3, -0.25) is 0 Å². The minimum atomic E-state index is 0.339. The molecular formula is C14H23N3O. The highest BCUT2D eigenvalue weighted by Gasteiger charge is 2.14. The van der Waals surface area contributed by atoms with Gasteiger partial charge in [0, 0.05) is 17.7 Å². The van der Waals surface area contributed by atoms with Crippen molar-refractivity contribution >= 4 is 0 Å². The number of rotatable bonds is 4. The first-order chi connectivity index (χ1) is 8.65. The van der Waals surface area contributed by atoms with Crippen molar-refractivity contribution < 1.29 is 4.74 Å². The van der Waals surface area contributed by atoms with Crippen molar-refractivity contribution in [2.75, 3.05) is 19.7 Å². The van der Waals surface area contributed by atoms with Gasteiger partial charge in [0.2, 0.25) is 5.88 Å². The molecule has 0 saturated carbocycles. The lowest BCUT2D eigenvalue weighted by molar-refractivity contribution is 0.208. The minimum Gasteiger partial charge on any atom is -0.477 e. The number of hydrogen-bond acceptors (Lipinski definition) is 4. The molecule has 0 aliphatic carbocycles. The predicted molar refractivity (Wildman–Crippen MR) is 71.9 cm³/mol. The van der Waals surface area contributed by atoms with E-state index in [2.05, 4.69) is 29.1 Å². The molecule has 0 amide bonds. The highest BCUT2D eigenvalue weighted by Crippen LogP contribution is 2.18.